The van der Waals surface area contributed by atoms with Gasteiger partial charge in [0.05, 0.1) is 5.56 Å². The lowest BCUT2D eigenvalue weighted by Crippen LogP contribution is -2.50. The highest BCUT2D eigenvalue weighted by Crippen LogP contribution is 2.32. The minimum atomic E-state index is -4.38. The fourth-order valence-corrected chi connectivity index (χ4v) is 3.58. The zero-order valence-electron chi connectivity index (χ0n) is 18.1. The Bertz CT molecular complexity index is 1010. The Labute approximate surface area is 200 Å². The highest BCUT2D eigenvalue weighted by atomic mass is 35.5. The number of alkyl halides is 3. The number of Topliss-reactive ketones (excluding diaryl/α,β-unsaturated/α-hetero) is 1. The van der Waals surface area contributed by atoms with E-state index in [-0.39, 0.29) is 42.5 Å². The Morgan fingerprint density at radius 1 is 0.941 bits per heavy atom. The van der Waals surface area contributed by atoms with Crippen molar-refractivity contribution in [2.24, 2.45) is 0 Å². The Morgan fingerprint density at radius 2 is 1.56 bits per heavy atom. The van der Waals surface area contributed by atoms with Crippen molar-refractivity contribution in [3.63, 3.8) is 0 Å². The molecule has 0 saturated carbocycles. The molecule has 11 heteroatoms. The molecule has 2 aromatic rings. The molecule has 0 spiro atoms. The number of amides is 1. The molecule has 0 atom stereocenters. The quantitative estimate of drug-likeness (QED) is 0.442. The van der Waals surface area contributed by atoms with E-state index < -0.39 is 23.5 Å². The summed E-state index contributed by atoms with van der Waals surface area (Å²) in [6, 6.07) is 11.0. The maximum atomic E-state index is 13.1. The van der Waals surface area contributed by atoms with Gasteiger partial charge in [0.15, 0.2) is 6.61 Å². The van der Waals surface area contributed by atoms with Crippen molar-refractivity contribution in [1.82, 2.24) is 9.80 Å². The molecule has 0 aliphatic carbocycles. The van der Waals surface area contributed by atoms with E-state index in [4.69, 9.17) is 9.84 Å². The monoisotopic (exact) mass is 500 g/mol. The normalized spacial score (nSPS) is 14.3. The van der Waals surface area contributed by atoms with Gasteiger partial charge in [0.2, 0.25) is 0 Å². The van der Waals surface area contributed by atoms with Gasteiger partial charge in [-0.3, -0.25) is 14.5 Å². The number of carboxylic acids is 1. The highest BCUT2D eigenvalue weighted by Gasteiger charge is 2.33. The van der Waals surface area contributed by atoms with Gasteiger partial charge < -0.3 is 14.7 Å². The lowest BCUT2D eigenvalue weighted by atomic mass is 10.0. The van der Waals surface area contributed by atoms with Crippen molar-refractivity contribution in [2.75, 3.05) is 39.3 Å². The van der Waals surface area contributed by atoms with Crippen LogP contribution in [0, 0.1) is 0 Å². The van der Waals surface area contributed by atoms with Crippen molar-refractivity contribution >= 4 is 30.1 Å². The van der Waals surface area contributed by atoms with Crippen molar-refractivity contribution in [3.8, 4) is 5.75 Å². The number of carbonyl (C=O) groups excluding carboxylic acids is 2. The van der Waals surface area contributed by atoms with E-state index in [2.05, 4.69) is 0 Å². The lowest BCUT2D eigenvalue weighted by Gasteiger charge is -2.34. The van der Waals surface area contributed by atoms with Gasteiger partial charge in [-0.1, -0.05) is 18.2 Å². The number of ether oxygens (including phenoxy) is 1. The minimum Gasteiger partial charge on any atom is -0.484 e. The molecule has 1 aliphatic heterocycles. The molecule has 2 aromatic carbocycles. The molecule has 0 aromatic heterocycles. The zero-order chi connectivity index (χ0) is 24.0. The molecule has 1 saturated heterocycles. The first-order chi connectivity index (χ1) is 15.6. The number of carboxylic acid groups (broad SMARTS) is 1. The summed E-state index contributed by atoms with van der Waals surface area (Å²) in [5.41, 5.74) is -0.348. The lowest BCUT2D eigenvalue weighted by molar-refractivity contribution is -0.138. The molecule has 1 amide bonds. The molecule has 0 radical (unpaired) electrons. The molecule has 184 valence electrons. The van der Waals surface area contributed by atoms with Crippen LogP contribution in [-0.4, -0.2) is 71.9 Å². The SMILES string of the molecule is Cl.O=C(O)C(=O)c1ccc(OCC(=O)N2CCN(CCc3ccccc3C(F)(F)F)CC2)cc1. The van der Waals surface area contributed by atoms with Gasteiger partial charge in [-0.2, -0.15) is 13.2 Å². The maximum Gasteiger partial charge on any atom is 0.416 e. The second kappa shape index (κ2) is 11.8. The fourth-order valence-electron chi connectivity index (χ4n) is 3.58. The Hall–Kier alpha value is -3.11. The Morgan fingerprint density at radius 3 is 2.15 bits per heavy atom. The number of ketones is 1. The number of aliphatic carboxylic acids is 1. The minimum absolute atomic E-state index is 0. The molecule has 1 N–H and O–H groups in total. The number of benzene rings is 2. The van der Waals surface area contributed by atoms with Gasteiger partial charge in [0.1, 0.15) is 5.75 Å². The van der Waals surface area contributed by atoms with E-state index in [1.54, 1.807) is 11.0 Å². The van der Waals surface area contributed by atoms with E-state index in [0.29, 0.717) is 38.5 Å². The average molecular weight is 501 g/mol. The van der Waals surface area contributed by atoms with Crippen LogP contribution in [0.25, 0.3) is 0 Å². The van der Waals surface area contributed by atoms with E-state index in [1.807, 2.05) is 4.90 Å². The van der Waals surface area contributed by atoms with Crippen LogP contribution in [0.4, 0.5) is 13.2 Å². The summed E-state index contributed by atoms with van der Waals surface area (Å²) in [5.74, 6) is -2.49. The van der Waals surface area contributed by atoms with Crippen LogP contribution in [0.1, 0.15) is 21.5 Å². The van der Waals surface area contributed by atoms with Crippen LogP contribution in [0.15, 0.2) is 48.5 Å². The Balaban J connectivity index is 0.00000408. The molecule has 1 heterocycles. The molecular weight excluding hydrogens is 477 g/mol. The number of nitrogens with zero attached hydrogens (tertiary/aromatic N) is 2. The molecule has 0 bridgehead atoms. The summed E-state index contributed by atoms with van der Waals surface area (Å²) >= 11 is 0. The first-order valence-corrected chi connectivity index (χ1v) is 10.3. The molecule has 1 fully saturated rings. The average Bonchev–Trinajstić information content (AvgIpc) is 2.81. The van der Waals surface area contributed by atoms with Crippen molar-refractivity contribution < 1.29 is 37.4 Å². The predicted octanol–water partition coefficient (Wildman–Crippen LogP) is 3.16. The van der Waals surface area contributed by atoms with E-state index in [0.717, 1.165) is 6.07 Å². The van der Waals surface area contributed by atoms with Crippen molar-refractivity contribution in [3.05, 3.63) is 65.2 Å². The van der Waals surface area contributed by atoms with Crippen LogP contribution in [0.5, 0.6) is 5.75 Å². The number of hydrogen-bond donors (Lipinski definition) is 1. The second-order valence-corrected chi connectivity index (χ2v) is 7.57. The summed E-state index contributed by atoms with van der Waals surface area (Å²) in [7, 11) is 0. The third-order valence-corrected chi connectivity index (χ3v) is 5.42. The van der Waals surface area contributed by atoms with Crippen LogP contribution in [0.2, 0.25) is 0 Å². The molecule has 3 rings (SSSR count). The molecule has 34 heavy (non-hydrogen) atoms. The van der Waals surface area contributed by atoms with Gasteiger partial charge >= 0.3 is 12.1 Å². The summed E-state index contributed by atoms with van der Waals surface area (Å²) in [6.07, 6.45) is -4.11. The molecular formula is C23H24ClF3N2O5. The van der Waals surface area contributed by atoms with Gasteiger partial charge in [-0.05, 0) is 42.3 Å². The standard InChI is InChI=1S/C23H23F3N2O5.ClH/c24-23(25,26)19-4-2-1-3-16(19)9-10-27-11-13-28(14-12-27)20(29)15-33-18-7-5-17(6-8-18)21(30)22(31)32;/h1-8H,9-15H2,(H,31,32);1H. The predicted molar refractivity (Wildman–Crippen MR) is 119 cm³/mol. The van der Waals surface area contributed by atoms with Crippen LogP contribution < -0.4 is 4.74 Å². The van der Waals surface area contributed by atoms with Gasteiger partial charge in [0.25, 0.3) is 11.7 Å². The van der Waals surface area contributed by atoms with Crippen LogP contribution in [0.3, 0.4) is 0 Å². The smallest absolute Gasteiger partial charge is 0.416 e. The topological polar surface area (TPSA) is 87.1 Å². The largest absolute Gasteiger partial charge is 0.484 e. The third-order valence-electron chi connectivity index (χ3n) is 5.42. The summed E-state index contributed by atoms with van der Waals surface area (Å²) in [5, 5.41) is 8.70. The number of halogens is 4. The third kappa shape index (κ3) is 7.19. The summed E-state index contributed by atoms with van der Waals surface area (Å²) < 4.78 is 44.8. The van der Waals surface area contributed by atoms with Crippen LogP contribution >= 0.6 is 12.4 Å². The van der Waals surface area contributed by atoms with E-state index in [9.17, 15) is 27.6 Å². The van der Waals surface area contributed by atoms with Crippen molar-refractivity contribution in [1.29, 1.82) is 0 Å². The van der Waals surface area contributed by atoms with Gasteiger partial charge in [0, 0.05) is 38.3 Å². The number of rotatable bonds is 8. The Kier molecular flexibility index (Phi) is 9.46. The number of carbonyl (C=O) groups is 3. The van der Waals surface area contributed by atoms with Crippen LogP contribution in [-0.2, 0) is 22.2 Å². The van der Waals surface area contributed by atoms with Gasteiger partial charge in [-0.25, -0.2) is 4.79 Å². The molecule has 1 aliphatic rings. The summed E-state index contributed by atoms with van der Waals surface area (Å²) in [4.78, 5) is 38.1. The van der Waals surface area contributed by atoms with Gasteiger partial charge in [-0.15, -0.1) is 12.4 Å². The highest BCUT2D eigenvalue weighted by molar-refractivity contribution is 6.39. The maximum absolute atomic E-state index is 13.1. The fraction of sp³-hybridized carbons (Fsp3) is 0.348. The first-order valence-electron chi connectivity index (χ1n) is 10.3. The van der Waals surface area contributed by atoms with E-state index >= 15 is 0 Å². The molecule has 7 nitrogen and oxygen atoms in total. The zero-order valence-corrected chi connectivity index (χ0v) is 18.9. The van der Waals surface area contributed by atoms with E-state index in [1.165, 1.54) is 36.4 Å². The molecule has 0 unspecified atom stereocenters. The second-order valence-electron chi connectivity index (χ2n) is 7.57. The number of hydrogen-bond acceptors (Lipinski definition) is 5. The summed E-state index contributed by atoms with van der Waals surface area (Å²) in [6.45, 7) is 2.22. The number of piperazine rings is 1. The first kappa shape index (κ1) is 27.1. The van der Waals surface area contributed by atoms with Crippen molar-refractivity contribution in [2.45, 2.75) is 12.6 Å².